The Kier molecular flexibility index (Phi) is 6.07. The summed E-state index contributed by atoms with van der Waals surface area (Å²) in [4.78, 5) is 0. The molecule has 1 N–H and O–H groups in total. The lowest BCUT2D eigenvalue weighted by Gasteiger charge is -2.35. The van der Waals surface area contributed by atoms with Gasteiger partial charge in [0.05, 0.1) is 12.7 Å². The fourth-order valence-corrected chi connectivity index (χ4v) is 2.57. The molecule has 0 radical (unpaired) electrons. The van der Waals surface area contributed by atoms with Gasteiger partial charge < -0.3 is 10.1 Å². The Morgan fingerprint density at radius 3 is 2.29 bits per heavy atom. The van der Waals surface area contributed by atoms with Crippen molar-refractivity contribution in [2.45, 2.75) is 12.7 Å². The molecule has 0 aliphatic carbocycles. The average Bonchev–Trinajstić information content (AvgIpc) is 2.43. The van der Waals surface area contributed by atoms with Crippen molar-refractivity contribution in [1.29, 1.82) is 0 Å². The molecule has 1 heterocycles. The van der Waals surface area contributed by atoms with Crippen LogP contribution in [0.2, 0.25) is 5.02 Å². The quantitative estimate of drug-likeness (QED) is 0.888. The zero-order chi connectivity index (χ0) is 13.8. The van der Waals surface area contributed by atoms with Crippen LogP contribution in [0, 0.1) is 5.92 Å². The summed E-state index contributed by atoms with van der Waals surface area (Å²) >= 11 is 5.96. The van der Waals surface area contributed by atoms with E-state index >= 15 is 0 Å². The van der Waals surface area contributed by atoms with Gasteiger partial charge in [0.2, 0.25) is 0 Å². The van der Waals surface area contributed by atoms with E-state index in [1.165, 1.54) is 11.1 Å². The Morgan fingerprint density at radius 1 is 1.05 bits per heavy atom. The van der Waals surface area contributed by atoms with E-state index in [0.29, 0.717) is 12.5 Å². The third-order valence-corrected chi connectivity index (χ3v) is 3.96. The minimum atomic E-state index is 0. The lowest BCUT2D eigenvalue weighted by Crippen LogP contribution is -2.45. The molecule has 1 fully saturated rings. The van der Waals surface area contributed by atoms with Gasteiger partial charge in [0, 0.05) is 24.0 Å². The van der Waals surface area contributed by atoms with Crippen LogP contribution in [0.25, 0.3) is 0 Å². The van der Waals surface area contributed by atoms with Crippen LogP contribution < -0.4 is 5.32 Å². The van der Waals surface area contributed by atoms with Gasteiger partial charge >= 0.3 is 0 Å². The van der Waals surface area contributed by atoms with Crippen LogP contribution in [0.1, 0.15) is 17.2 Å². The number of hydrogen-bond donors (Lipinski definition) is 1. The maximum absolute atomic E-state index is 6.17. The van der Waals surface area contributed by atoms with Crippen molar-refractivity contribution >= 4 is 24.0 Å². The molecule has 0 spiro atoms. The highest BCUT2D eigenvalue weighted by Crippen LogP contribution is 2.30. The summed E-state index contributed by atoms with van der Waals surface area (Å²) in [6.45, 7) is 2.68. The molecule has 3 rings (SSSR count). The van der Waals surface area contributed by atoms with Crippen molar-refractivity contribution in [2.24, 2.45) is 5.92 Å². The number of halogens is 2. The number of ether oxygens (including phenoxy) is 1. The van der Waals surface area contributed by atoms with Crippen LogP contribution in [0.4, 0.5) is 0 Å². The summed E-state index contributed by atoms with van der Waals surface area (Å²) in [6, 6.07) is 18.3. The molecular formula is C17H19Cl2NO. The molecule has 1 aliphatic heterocycles. The topological polar surface area (TPSA) is 21.3 Å². The molecule has 2 aromatic rings. The first-order valence-corrected chi connectivity index (χ1v) is 7.32. The first-order chi connectivity index (χ1) is 9.83. The lowest BCUT2D eigenvalue weighted by molar-refractivity contribution is -0.0170. The van der Waals surface area contributed by atoms with Crippen molar-refractivity contribution in [3.63, 3.8) is 0 Å². The molecule has 0 bridgehead atoms. The SMILES string of the molecule is Cl.Clc1ccc(C(OCc2ccccc2)C2CNC2)cc1. The van der Waals surface area contributed by atoms with E-state index < -0.39 is 0 Å². The molecule has 112 valence electrons. The normalized spacial score (nSPS) is 15.9. The van der Waals surface area contributed by atoms with E-state index in [1.54, 1.807) is 0 Å². The molecule has 1 unspecified atom stereocenters. The number of rotatable bonds is 5. The summed E-state index contributed by atoms with van der Waals surface area (Å²) in [5, 5.41) is 4.08. The van der Waals surface area contributed by atoms with Crippen molar-refractivity contribution < 1.29 is 4.74 Å². The fraction of sp³-hybridized carbons (Fsp3) is 0.294. The van der Waals surface area contributed by atoms with Gasteiger partial charge in [-0.25, -0.2) is 0 Å². The first kappa shape index (κ1) is 16.3. The van der Waals surface area contributed by atoms with Crippen LogP contribution >= 0.6 is 24.0 Å². The molecule has 0 saturated carbocycles. The van der Waals surface area contributed by atoms with E-state index in [0.717, 1.165) is 18.1 Å². The molecule has 0 amide bonds. The van der Waals surface area contributed by atoms with Crippen molar-refractivity contribution in [1.82, 2.24) is 5.32 Å². The maximum atomic E-state index is 6.17. The molecule has 21 heavy (non-hydrogen) atoms. The number of benzene rings is 2. The third-order valence-electron chi connectivity index (χ3n) is 3.71. The minimum Gasteiger partial charge on any atom is -0.368 e. The second kappa shape index (κ2) is 7.81. The maximum Gasteiger partial charge on any atom is 0.0881 e. The smallest absolute Gasteiger partial charge is 0.0881 e. The summed E-state index contributed by atoms with van der Waals surface area (Å²) in [6.07, 6.45) is 0.133. The Bertz CT molecular complexity index is 540. The lowest BCUT2D eigenvalue weighted by atomic mass is 9.91. The largest absolute Gasteiger partial charge is 0.368 e. The predicted octanol–water partition coefficient (Wildman–Crippen LogP) is 4.24. The second-order valence-electron chi connectivity index (χ2n) is 5.19. The summed E-state index contributed by atoms with van der Waals surface area (Å²) in [5.74, 6) is 0.542. The Balaban J connectivity index is 0.00000161. The molecule has 4 heteroatoms. The van der Waals surface area contributed by atoms with Gasteiger partial charge in [0.1, 0.15) is 0 Å². The van der Waals surface area contributed by atoms with Crippen LogP contribution in [0.15, 0.2) is 54.6 Å². The van der Waals surface area contributed by atoms with Gasteiger partial charge in [-0.1, -0.05) is 54.1 Å². The summed E-state index contributed by atoms with van der Waals surface area (Å²) in [5.41, 5.74) is 2.41. The summed E-state index contributed by atoms with van der Waals surface area (Å²) in [7, 11) is 0. The Morgan fingerprint density at radius 2 is 1.71 bits per heavy atom. The second-order valence-corrected chi connectivity index (χ2v) is 5.62. The van der Waals surface area contributed by atoms with Crippen molar-refractivity contribution in [2.75, 3.05) is 13.1 Å². The van der Waals surface area contributed by atoms with E-state index in [4.69, 9.17) is 16.3 Å². The average molecular weight is 324 g/mol. The number of hydrogen-bond acceptors (Lipinski definition) is 2. The van der Waals surface area contributed by atoms with Crippen LogP contribution in [-0.2, 0) is 11.3 Å². The van der Waals surface area contributed by atoms with E-state index in [9.17, 15) is 0 Å². The highest BCUT2D eigenvalue weighted by molar-refractivity contribution is 6.30. The monoisotopic (exact) mass is 323 g/mol. The van der Waals surface area contributed by atoms with Crippen LogP contribution in [0.3, 0.4) is 0 Å². The van der Waals surface area contributed by atoms with Crippen molar-refractivity contribution in [3.05, 3.63) is 70.7 Å². The van der Waals surface area contributed by atoms with E-state index in [1.807, 2.05) is 30.3 Å². The zero-order valence-electron chi connectivity index (χ0n) is 11.7. The highest BCUT2D eigenvalue weighted by Gasteiger charge is 2.29. The van der Waals surface area contributed by atoms with Crippen LogP contribution in [-0.4, -0.2) is 13.1 Å². The first-order valence-electron chi connectivity index (χ1n) is 6.94. The molecule has 1 aliphatic rings. The molecule has 0 aromatic heterocycles. The Labute approximate surface area is 136 Å². The Hall–Kier alpha value is -1.06. The predicted molar refractivity (Wildman–Crippen MR) is 89.0 cm³/mol. The summed E-state index contributed by atoms with van der Waals surface area (Å²) < 4.78 is 6.17. The third kappa shape index (κ3) is 4.21. The molecule has 2 aromatic carbocycles. The fourth-order valence-electron chi connectivity index (χ4n) is 2.44. The van der Waals surface area contributed by atoms with Crippen molar-refractivity contribution in [3.8, 4) is 0 Å². The van der Waals surface area contributed by atoms with Gasteiger partial charge in [0.25, 0.3) is 0 Å². The van der Waals surface area contributed by atoms with Gasteiger partial charge in [-0.3, -0.25) is 0 Å². The molecule has 1 atom stereocenters. The minimum absolute atomic E-state index is 0. The van der Waals surface area contributed by atoms with Gasteiger partial charge in [-0.2, -0.15) is 0 Å². The van der Waals surface area contributed by atoms with Gasteiger partial charge in [0.15, 0.2) is 0 Å². The zero-order valence-corrected chi connectivity index (χ0v) is 13.2. The van der Waals surface area contributed by atoms with Crippen LogP contribution in [0.5, 0.6) is 0 Å². The molecule has 2 nitrogen and oxygen atoms in total. The number of nitrogens with one attached hydrogen (secondary N) is 1. The molecule has 1 saturated heterocycles. The standard InChI is InChI=1S/C17H18ClNO.ClH/c18-16-8-6-14(7-9-16)17(15-10-19-11-15)20-12-13-4-2-1-3-5-13;/h1-9,15,17,19H,10-12H2;1H. The van der Waals surface area contributed by atoms with E-state index in [2.05, 4.69) is 29.6 Å². The van der Waals surface area contributed by atoms with E-state index in [-0.39, 0.29) is 18.5 Å². The molecular weight excluding hydrogens is 305 g/mol. The van der Waals surface area contributed by atoms with Gasteiger partial charge in [-0.15, -0.1) is 12.4 Å². The highest BCUT2D eigenvalue weighted by atomic mass is 35.5. The van der Waals surface area contributed by atoms with Gasteiger partial charge in [-0.05, 0) is 23.3 Å².